The molecule has 0 amide bonds. The summed E-state index contributed by atoms with van der Waals surface area (Å²) in [4.78, 5) is 4.45. The molecule has 1 aliphatic rings. The number of benzene rings is 2. The average molecular weight is 455 g/mol. The van der Waals surface area contributed by atoms with Crippen LogP contribution in [0.5, 0.6) is 11.5 Å². The van der Waals surface area contributed by atoms with Crippen molar-refractivity contribution in [2.75, 3.05) is 13.2 Å². The molecule has 150 valence electrons. The highest BCUT2D eigenvalue weighted by atomic mass is 35.5. The Labute approximate surface area is 173 Å². The number of halogens is 6. The number of hydrogen-bond acceptors (Lipinski definition) is 4. The number of ether oxygens (including phenoxy) is 3. The summed E-state index contributed by atoms with van der Waals surface area (Å²) >= 11 is 18.2. The minimum atomic E-state index is -4.73. The van der Waals surface area contributed by atoms with Crippen molar-refractivity contribution in [2.24, 2.45) is 4.99 Å². The van der Waals surface area contributed by atoms with Gasteiger partial charge in [0.05, 0.1) is 28.3 Å². The largest absolute Gasteiger partial charge is 0.573 e. The Kier molecular flexibility index (Phi) is 6.47. The molecule has 1 unspecified atom stereocenters. The highest BCUT2D eigenvalue weighted by Crippen LogP contribution is 2.31. The van der Waals surface area contributed by atoms with Crippen molar-refractivity contribution in [1.82, 2.24) is 0 Å². The van der Waals surface area contributed by atoms with Crippen LogP contribution < -0.4 is 9.47 Å². The maximum atomic E-state index is 12.1. The second-order valence-electron chi connectivity index (χ2n) is 5.80. The molecule has 0 fully saturated rings. The van der Waals surface area contributed by atoms with E-state index in [1.165, 1.54) is 24.3 Å². The quantitative estimate of drug-likeness (QED) is 0.525. The zero-order valence-corrected chi connectivity index (χ0v) is 16.4. The monoisotopic (exact) mass is 453 g/mol. The van der Waals surface area contributed by atoms with Crippen LogP contribution in [-0.2, 0) is 4.74 Å². The summed E-state index contributed by atoms with van der Waals surface area (Å²) in [5.74, 6) is 0.446. The Hall–Kier alpha value is -1.83. The molecule has 0 saturated heterocycles. The van der Waals surface area contributed by atoms with E-state index in [1.807, 2.05) is 0 Å². The maximum Gasteiger partial charge on any atom is 0.573 e. The SMILES string of the molecule is FC(F)(F)Oc1ccc(OCCC2COC(c3c(Cl)cc(Cl)cc3Cl)=N2)cc1. The highest BCUT2D eigenvalue weighted by Gasteiger charge is 2.31. The number of hydrogen-bond donors (Lipinski definition) is 0. The van der Waals surface area contributed by atoms with Crippen LogP contribution in [0, 0.1) is 0 Å². The molecule has 10 heteroatoms. The van der Waals surface area contributed by atoms with Crippen LogP contribution >= 0.6 is 34.8 Å². The predicted octanol–water partition coefficient (Wildman–Crippen LogP) is 6.16. The third kappa shape index (κ3) is 5.59. The van der Waals surface area contributed by atoms with Crippen molar-refractivity contribution >= 4 is 40.7 Å². The molecule has 0 radical (unpaired) electrons. The topological polar surface area (TPSA) is 40.0 Å². The first-order valence-electron chi connectivity index (χ1n) is 8.05. The lowest BCUT2D eigenvalue weighted by Crippen LogP contribution is -2.17. The maximum absolute atomic E-state index is 12.1. The molecule has 2 aromatic carbocycles. The Balaban J connectivity index is 1.54. The number of alkyl halides is 3. The molecule has 1 heterocycles. The van der Waals surface area contributed by atoms with E-state index in [4.69, 9.17) is 44.3 Å². The minimum absolute atomic E-state index is 0.161. The first kappa shape index (κ1) is 20.9. The molecule has 0 spiro atoms. The van der Waals surface area contributed by atoms with Gasteiger partial charge in [0.2, 0.25) is 5.90 Å². The fraction of sp³-hybridized carbons (Fsp3) is 0.278. The fourth-order valence-corrected chi connectivity index (χ4v) is 3.48. The van der Waals surface area contributed by atoms with Crippen molar-refractivity contribution < 1.29 is 27.4 Å². The van der Waals surface area contributed by atoms with Gasteiger partial charge in [0.1, 0.15) is 18.1 Å². The second kappa shape index (κ2) is 8.68. The molecule has 3 rings (SSSR count). The van der Waals surface area contributed by atoms with Gasteiger partial charge in [-0.2, -0.15) is 0 Å². The molecule has 0 bridgehead atoms. The van der Waals surface area contributed by atoms with Crippen LogP contribution in [0.4, 0.5) is 13.2 Å². The Morgan fingerprint density at radius 3 is 2.25 bits per heavy atom. The molecule has 0 saturated carbocycles. The fourth-order valence-electron chi connectivity index (χ4n) is 2.50. The van der Waals surface area contributed by atoms with E-state index in [2.05, 4.69) is 9.73 Å². The molecule has 4 nitrogen and oxygen atoms in total. The second-order valence-corrected chi connectivity index (χ2v) is 7.05. The van der Waals surface area contributed by atoms with Crippen molar-refractivity contribution in [3.8, 4) is 11.5 Å². The van der Waals surface area contributed by atoms with Gasteiger partial charge >= 0.3 is 6.36 Å². The third-order valence-corrected chi connectivity index (χ3v) is 4.52. The molecule has 1 atom stereocenters. The number of rotatable bonds is 6. The van der Waals surface area contributed by atoms with Crippen LogP contribution in [-0.4, -0.2) is 31.5 Å². The molecule has 2 aromatic rings. The molecule has 0 aromatic heterocycles. The first-order chi connectivity index (χ1) is 13.2. The van der Waals surface area contributed by atoms with Gasteiger partial charge in [0.25, 0.3) is 0 Å². The van der Waals surface area contributed by atoms with Crippen LogP contribution in [0.2, 0.25) is 15.1 Å². The Bertz CT molecular complexity index is 850. The van der Waals surface area contributed by atoms with Crippen molar-refractivity contribution in [3.63, 3.8) is 0 Å². The van der Waals surface area contributed by atoms with Crippen molar-refractivity contribution in [3.05, 3.63) is 57.0 Å². The zero-order chi connectivity index (χ0) is 20.3. The molecular weight excluding hydrogens is 442 g/mol. The summed E-state index contributed by atoms with van der Waals surface area (Å²) in [6, 6.07) is 8.11. The highest BCUT2D eigenvalue weighted by molar-refractivity contribution is 6.42. The summed E-state index contributed by atoms with van der Waals surface area (Å²) in [6.45, 7) is 0.638. The number of nitrogens with zero attached hydrogens (tertiary/aromatic N) is 1. The van der Waals surface area contributed by atoms with E-state index in [0.717, 1.165) is 0 Å². The predicted molar refractivity (Wildman–Crippen MR) is 101 cm³/mol. The van der Waals surface area contributed by atoms with Gasteiger partial charge in [0, 0.05) is 11.4 Å². The van der Waals surface area contributed by atoms with Crippen LogP contribution in [0.15, 0.2) is 41.4 Å². The van der Waals surface area contributed by atoms with Crippen LogP contribution in [0.1, 0.15) is 12.0 Å². The van der Waals surface area contributed by atoms with Crippen LogP contribution in [0.3, 0.4) is 0 Å². The summed E-state index contributed by atoms with van der Waals surface area (Å²) in [7, 11) is 0. The van der Waals surface area contributed by atoms with Crippen LogP contribution in [0.25, 0.3) is 0 Å². The van der Waals surface area contributed by atoms with Gasteiger partial charge in [-0.25, -0.2) is 4.99 Å². The average Bonchev–Trinajstić information content (AvgIpc) is 3.02. The molecule has 0 aliphatic carbocycles. The van der Waals surface area contributed by atoms with E-state index in [1.54, 1.807) is 12.1 Å². The Morgan fingerprint density at radius 2 is 1.64 bits per heavy atom. The third-order valence-electron chi connectivity index (χ3n) is 3.71. The van der Waals surface area contributed by atoms with Gasteiger partial charge in [-0.3, -0.25) is 0 Å². The van der Waals surface area contributed by atoms with E-state index in [0.29, 0.717) is 51.9 Å². The van der Waals surface area contributed by atoms with Gasteiger partial charge < -0.3 is 14.2 Å². The van der Waals surface area contributed by atoms with Gasteiger partial charge in [0.15, 0.2) is 0 Å². The lowest BCUT2D eigenvalue weighted by Gasteiger charge is -2.10. The summed E-state index contributed by atoms with van der Waals surface area (Å²) < 4.78 is 51.3. The lowest BCUT2D eigenvalue weighted by molar-refractivity contribution is -0.274. The van der Waals surface area contributed by atoms with Crippen molar-refractivity contribution in [2.45, 2.75) is 18.8 Å². The van der Waals surface area contributed by atoms with E-state index in [9.17, 15) is 13.2 Å². The first-order valence-corrected chi connectivity index (χ1v) is 9.19. The smallest absolute Gasteiger partial charge is 0.494 e. The Morgan fingerprint density at radius 1 is 1.04 bits per heavy atom. The summed E-state index contributed by atoms with van der Waals surface area (Å²) in [6.07, 6.45) is -4.19. The molecule has 0 N–H and O–H groups in total. The zero-order valence-electron chi connectivity index (χ0n) is 14.1. The normalized spacial score (nSPS) is 16.5. The van der Waals surface area contributed by atoms with Gasteiger partial charge in [-0.15, -0.1) is 13.2 Å². The van der Waals surface area contributed by atoms with Gasteiger partial charge in [-0.1, -0.05) is 34.8 Å². The van der Waals surface area contributed by atoms with Gasteiger partial charge in [-0.05, 0) is 36.4 Å². The summed E-state index contributed by atoms with van der Waals surface area (Å²) in [5, 5.41) is 1.09. The minimum Gasteiger partial charge on any atom is -0.494 e. The summed E-state index contributed by atoms with van der Waals surface area (Å²) in [5.41, 5.74) is 0.483. The number of aliphatic imine (C=N–C) groups is 1. The molecule has 28 heavy (non-hydrogen) atoms. The lowest BCUT2D eigenvalue weighted by atomic mass is 10.2. The molecular formula is C18H13Cl3F3NO3. The standard InChI is InChI=1S/C18H13Cl3F3NO3/c19-10-7-14(20)16(15(21)8-10)17-25-11(9-27-17)5-6-26-12-1-3-13(4-2-12)28-18(22,23)24/h1-4,7-8,11H,5-6,9H2. The van der Waals surface area contributed by atoms with E-state index >= 15 is 0 Å². The van der Waals surface area contributed by atoms with E-state index < -0.39 is 6.36 Å². The van der Waals surface area contributed by atoms with Crippen molar-refractivity contribution in [1.29, 1.82) is 0 Å². The molecule has 1 aliphatic heterocycles. The van der Waals surface area contributed by atoms with E-state index in [-0.39, 0.29) is 11.8 Å².